The van der Waals surface area contributed by atoms with Crippen LogP contribution in [0.2, 0.25) is 0 Å². The molecule has 0 amide bonds. The first kappa shape index (κ1) is 15.5. The quantitative estimate of drug-likeness (QED) is 0.836. The van der Waals surface area contributed by atoms with Gasteiger partial charge in [0.05, 0.1) is 11.4 Å². The van der Waals surface area contributed by atoms with Crippen molar-refractivity contribution in [3.05, 3.63) is 35.4 Å². The van der Waals surface area contributed by atoms with Crippen molar-refractivity contribution in [1.29, 1.82) is 0 Å². The molecule has 0 atom stereocenters. The molecule has 0 spiro atoms. The summed E-state index contributed by atoms with van der Waals surface area (Å²) in [7, 11) is -1.54. The van der Waals surface area contributed by atoms with Crippen molar-refractivity contribution in [3.8, 4) is 0 Å². The van der Waals surface area contributed by atoms with Crippen molar-refractivity contribution in [3.63, 3.8) is 0 Å². The highest BCUT2D eigenvalue weighted by atomic mass is 32.2. The Hall–Kier alpha value is -0.910. The maximum absolute atomic E-state index is 11.9. The second-order valence-electron chi connectivity index (χ2n) is 5.50. The van der Waals surface area contributed by atoms with Crippen molar-refractivity contribution in [2.24, 2.45) is 0 Å². The number of nitrogens with one attached hydrogen (secondary N) is 1. The van der Waals surface area contributed by atoms with E-state index in [1.54, 1.807) is 7.11 Å². The van der Waals surface area contributed by atoms with E-state index in [1.165, 1.54) is 11.1 Å². The summed E-state index contributed by atoms with van der Waals surface area (Å²) in [6, 6.07) is 8.19. The molecule has 2 rings (SSSR count). The topological polar surface area (TPSA) is 55.4 Å². The minimum Gasteiger partial charge on any atom is -0.376 e. The standard InChI is InChI=1S/C15H23NO3S/c1-3-4-9-20(17,18)16-12-15(19-2)10-13-7-5-6-8-14(13)11-15/h5-8,16H,3-4,9-12H2,1-2H3. The van der Waals surface area contributed by atoms with Crippen molar-refractivity contribution < 1.29 is 13.2 Å². The maximum atomic E-state index is 11.9. The Balaban J connectivity index is 2.01. The first-order valence-corrected chi connectivity index (χ1v) is 8.75. The first-order valence-electron chi connectivity index (χ1n) is 7.09. The van der Waals surface area contributed by atoms with Gasteiger partial charge in [0.15, 0.2) is 0 Å². The number of benzene rings is 1. The summed E-state index contributed by atoms with van der Waals surface area (Å²) in [5, 5.41) is 0. The number of hydrogen-bond donors (Lipinski definition) is 1. The molecule has 1 aliphatic rings. The van der Waals surface area contributed by atoms with Crippen LogP contribution in [0.15, 0.2) is 24.3 Å². The Morgan fingerprint density at radius 3 is 2.35 bits per heavy atom. The van der Waals surface area contributed by atoms with Gasteiger partial charge in [0.2, 0.25) is 10.0 Å². The molecule has 5 heteroatoms. The third-order valence-corrected chi connectivity index (χ3v) is 5.37. The van der Waals surface area contributed by atoms with E-state index in [1.807, 2.05) is 19.1 Å². The molecule has 0 heterocycles. The fourth-order valence-electron chi connectivity index (χ4n) is 2.65. The van der Waals surface area contributed by atoms with Crippen LogP contribution in [0.25, 0.3) is 0 Å². The zero-order valence-corrected chi connectivity index (χ0v) is 13.0. The molecular weight excluding hydrogens is 274 g/mol. The van der Waals surface area contributed by atoms with Crippen LogP contribution in [0.4, 0.5) is 0 Å². The van der Waals surface area contributed by atoms with Crippen LogP contribution >= 0.6 is 0 Å². The first-order chi connectivity index (χ1) is 9.50. The van der Waals surface area contributed by atoms with Crippen molar-refractivity contribution >= 4 is 10.0 Å². The molecule has 0 radical (unpaired) electrons. The lowest BCUT2D eigenvalue weighted by molar-refractivity contribution is 0.00378. The van der Waals surface area contributed by atoms with Crippen molar-refractivity contribution in [2.45, 2.75) is 38.2 Å². The Morgan fingerprint density at radius 1 is 1.25 bits per heavy atom. The van der Waals surface area contributed by atoms with Gasteiger partial charge in [0, 0.05) is 26.5 Å². The largest absolute Gasteiger partial charge is 0.376 e. The molecule has 1 N–H and O–H groups in total. The van der Waals surface area contributed by atoms with Crippen LogP contribution < -0.4 is 4.72 Å². The number of rotatable bonds is 7. The van der Waals surface area contributed by atoms with Gasteiger partial charge in [-0.2, -0.15) is 0 Å². The van der Waals surface area contributed by atoms with Crippen LogP contribution in [0.3, 0.4) is 0 Å². The van der Waals surface area contributed by atoms with Gasteiger partial charge in [-0.25, -0.2) is 13.1 Å². The van der Waals surface area contributed by atoms with Crippen LogP contribution in [-0.2, 0) is 27.6 Å². The van der Waals surface area contributed by atoms with Crippen LogP contribution in [0.5, 0.6) is 0 Å². The second-order valence-corrected chi connectivity index (χ2v) is 7.43. The fraction of sp³-hybridized carbons (Fsp3) is 0.600. The SMILES string of the molecule is CCCCS(=O)(=O)NCC1(OC)Cc2ccccc2C1. The van der Waals surface area contributed by atoms with Crippen molar-refractivity contribution in [1.82, 2.24) is 4.72 Å². The van der Waals surface area contributed by atoms with Gasteiger partial charge in [0.25, 0.3) is 0 Å². The van der Waals surface area contributed by atoms with Gasteiger partial charge in [-0.05, 0) is 17.5 Å². The molecule has 0 aliphatic heterocycles. The summed E-state index contributed by atoms with van der Waals surface area (Å²) in [4.78, 5) is 0. The molecule has 1 aromatic carbocycles. The molecule has 1 aliphatic carbocycles. The van der Waals surface area contributed by atoms with Gasteiger partial charge >= 0.3 is 0 Å². The summed E-state index contributed by atoms with van der Waals surface area (Å²) in [5.74, 6) is 0.191. The average Bonchev–Trinajstić information content (AvgIpc) is 2.82. The van der Waals surface area contributed by atoms with E-state index in [0.29, 0.717) is 13.0 Å². The van der Waals surface area contributed by atoms with Crippen LogP contribution in [-0.4, -0.2) is 33.4 Å². The summed E-state index contributed by atoms with van der Waals surface area (Å²) in [5.41, 5.74) is 2.06. The van der Waals surface area contributed by atoms with E-state index in [-0.39, 0.29) is 5.75 Å². The van der Waals surface area contributed by atoms with E-state index < -0.39 is 15.6 Å². The third-order valence-electron chi connectivity index (χ3n) is 3.96. The monoisotopic (exact) mass is 297 g/mol. The number of ether oxygens (including phenoxy) is 1. The molecule has 0 bridgehead atoms. The number of unbranched alkanes of at least 4 members (excludes halogenated alkanes) is 1. The molecular formula is C15H23NO3S. The van der Waals surface area contributed by atoms with E-state index in [4.69, 9.17) is 4.74 Å². The van der Waals surface area contributed by atoms with E-state index in [2.05, 4.69) is 16.9 Å². The molecule has 20 heavy (non-hydrogen) atoms. The van der Waals surface area contributed by atoms with Gasteiger partial charge in [-0.1, -0.05) is 37.6 Å². The molecule has 0 aromatic heterocycles. The van der Waals surface area contributed by atoms with E-state index >= 15 is 0 Å². The summed E-state index contributed by atoms with van der Waals surface area (Å²) in [6.07, 6.45) is 3.09. The lowest BCUT2D eigenvalue weighted by Crippen LogP contribution is -2.45. The molecule has 0 fully saturated rings. The van der Waals surface area contributed by atoms with Gasteiger partial charge < -0.3 is 4.74 Å². The number of methoxy groups -OCH3 is 1. The predicted octanol–water partition coefficient (Wildman–Crippen LogP) is 1.89. The minimum atomic E-state index is -3.20. The second kappa shape index (κ2) is 6.24. The van der Waals surface area contributed by atoms with Crippen LogP contribution in [0.1, 0.15) is 30.9 Å². The maximum Gasteiger partial charge on any atom is 0.211 e. The smallest absolute Gasteiger partial charge is 0.211 e. The Labute approximate surface area is 121 Å². The lowest BCUT2D eigenvalue weighted by Gasteiger charge is -2.27. The molecule has 112 valence electrons. The van der Waals surface area contributed by atoms with Gasteiger partial charge in [0.1, 0.15) is 0 Å². The summed E-state index contributed by atoms with van der Waals surface area (Å²) >= 11 is 0. The summed E-state index contributed by atoms with van der Waals surface area (Å²) < 4.78 is 32.2. The van der Waals surface area contributed by atoms with Crippen LogP contribution in [0, 0.1) is 0 Å². The molecule has 4 nitrogen and oxygen atoms in total. The normalized spacial score (nSPS) is 17.1. The highest BCUT2D eigenvalue weighted by Gasteiger charge is 2.37. The average molecular weight is 297 g/mol. The highest BCUT2D eigenvalue weighted by Crippen LogP contribution is 2.32. The van der Waals surface area contributed by atoms with Gasteiger partial charge in [-0.15, -0.1) is 0 Å². The Morgan fingerprint density at radius 2 is 1.85 bits per heavy atom. The molecule has 0 saturated carbocycles. The summed E-state index contributed by atoms with van der Waals surface area (Å²) in [6.45, 7) is 2.32. The highest BCUT2D eigenvalue weighted by molar-refractivity contribution is 7.89. The van der Waals surface area contributed by atoms with Gasteiger partial charge in [-0.3, -0.25) is 0 Å². The van der Waals surface area contributed by atoms with E-state index in [0.717, 1.165) is 19.3 Å². The third kappa shape index (κ3) is 3.59. The Bertz CT molecular complexity index is 529. The number of sulfonamides is 1. The number of hydrogen-bond acceptors (Lipinski definition) is 3. The lowest BCUT2D eigenvalue weighted by atomic mass is 10.0. The van der Waals surface area contributed by atoms with Crippen molar-refractivity contribution in [2.75, 3.05) is 19.4 Å². The fourth-order valence-corrected chi connectivity index (χ4v) is 3.94. The number of fused-ring (bicyclic) bond motifs is 1. The predicted molar refractivity (Wildman–Crippen MR) is 80.3 cm³/mol. The zero-order chi connectivity index (χ0) is 14.6. The Kier molecular flexibility index (Phi) is 4.83. The zero-order valence-electron chi connectivity index (χ0n) is 12.2. The molecule has 0 saturated heterocycles. The molecule has 1 aromatic rings. The van der Waals surface area contributed by atoms with E-state index in [9.17, 15) is 8.42 Å². The minimum absolute atomic E-state index is 0.191. The molecule has 0 unspecified atom stereocenters.